The average Bonchev–Trinajstić information content (AvgIpc) is 2.43. The van der Waals surface area contributed by atoms with Gasteiger partial charge in [-0.15, -0.1) is 0 Å². The van der Waals surface area contributed by atoms with Gasteiger partial charge >= 0.3 is 0 Å². The molecule has 2 N–H and O–H groups in total. The molecule has 0 spiro atoms. The number of halogens is 1. The van der Waals surface area contributed by atoms with Gasteiger partial charge in [-0.1, -0.05) is 15.9 Å². The van der Waals surface area contributed by atoms with Crippen LogP contribution in [0.4, 0.5) is 5.69 Å². The molecule has 21 heavy (non-hydrogen) atoms. The van der Waals surface area contributed by atoms with Gasteiger partial charge in [-0.05, 0) is 57.1 Å². The minimum absolute atomic E-state index is 0.173. The number of nitrogen functional groups attached to an aromatic ring is 1. The molecule has 1 heterocycles. The van der Waals surface area contributed by atoms with Crippen molar-refractivity contribution in [2.45, 2.75) is 17.7 Å². The van der Waals surface area contributed by atoms with E-state index in [-0.39, 0.29) is 10.6 Å². The summed E-state index contributed by atoms with van der Waals surface area (Å²) in [7, 11) is 0.189. The van der Waals surface area contributed by atoms with Crippen molar-refractivity contribution in [2.75, 3.05) is 39.5 Å². The summed E-state index contributed by atoms with van der Waals surface area (Å²) >= 11 is 3.30. The number of anilines is 1. The van der Waals surface area contributed by atoms with Crippen LogP contribution in [0.3, 0.4) is 0 Å². The summed E-state index contributed by atoms with van der Waals surface area (Å²) in [5.41, 5.74) is 6.12. The van der Waals surface area contributed by atoms with Crippen LogP contribution < -0.4 is 5.73 Å². The van der Waals surface area contributed by atoms with Crippen LogP contribution in [0.25, 0.3) is 0 Å². The first-order valence-corrected chi connectivity index (χ1v) is 9.24. The molecular formula is C14H22BrN3O2S. The molecule has 0 unspecified atom stereocenters. The number of sulfonamides is 1. The maximum atomic E-state index is 12.7. The fourth-order valence-electron chi connectivity index (χ4n) is 2.61. The van der Waals surface area contributed by atoms with Gasteiger partial charge < -0.3 is 10.6 Å². The lowest BCUT2D eigenvalue weighted by Gasteiger charge is -2.31. The molecule has 0 aromatic heterocycles. The maximum absolute atomic E-state index is 12.7. The summed E-state index contributed by atoms with van der Waals surface area (Å²) in [6.07, 6.45) is 2.06. The summed E-state index contributed by atoms with van der Waals surface area (Å²) < 4.78 is 27.5. The van der Waals surface area contributed by atoms with Gasteiger partial charge in [0.1, 0.15) is 4.90 Å². The highest BCUT2D eigenvalue weighted by atomic mass is 79.9. The van der Waals surface area contributed by atoms with Crippen LogP contribution in [0.15, 0.2) is 27.6 Å². The Kier molecular flexibility index (Phi) is 5.29. The van der Waals surface area contributed by atoms with Crippen LogP contribution in [-0.4, -0.2) is 51.4 Å². The summed E-state index contributed by atoms with van der Waals surface area (Å²) in [6.45, 7) is 2.59. The summed E-state index contributed by atoms with van der Waals surface area (Å²) in [5, 5.41) is 0. The molecule has 0 bridgehead atoms. The zero-order valence-electron chi connectivity index (χ0n) is 12.4. The van der Waals surface area contributed by atoms with Gasteiger partial charge in [-0.25, -0.2) is 12.7 Å². The highest BCUT2D eigenvalue weighted by Gasteiger charge is 2.27. The molecule has 2 rings (SSSR count). The Morgan fingerprint density at radius 2 is 2.00 bits per heavy atom. The van der Waals surface area contributed by atoms with Gasteiger partial charge in [0.15, 0.2) is 0 Å². The van der Waals surface area contributed by atoms with E-state index in [9.17, 15) is 8.42 Å². The molecule has 118 valence electrons. The lowest BCUT2D eigenvalue weighted by molar-refractivity contribution is 0.202. The third kappa shape index (κ3) is 3.97. The molecule has 1 aromatic carbocycles. The van der Waals surface area contributed by atoms with Crippen molar-refractivity contribution in [1.29, 1.82) is 0 Å². The lowest BCUT2D eigenvalue weighted by atomic mass is 9.97. The van der Waals surface area contributed by atoms with Crippen molar-refractivity contribution < 1.29 is 8.42 Å². The molecule has 1 aliphatic rings. The largest absolute Gasteiger partial charge is 0.398 e. The van der Waals surface area contributed by atoms with Crippen LogP contribution >= 0.6 is 15.9 Å². The van der Waals surface area contributed by atoms with E-state index in [4.69, 9.17) is 5.73 Å². The van der Waals surface area contributed by atoms with E-state index < -0.39 is 10.0 Å². The van der Waals surface area contributed by atoms with E-state index >= 15 is 0 Å². The van der Waals surface area contributed by atoms with Crippen LogP contribution in [0.5, 0.6) is 0 Å². The van der Waals surface area contributed by atoms with E-state index in [0.717, 1.165) is 25.9 Å². The van der Waals surface area contributed by atoms with Crippen LogP contribution in [-0.2, 0) is 10.0 Å². The first-order valence-electron chi connectivity index (χ1n) is 7.00. The first kappa shape index (κ1) is 16.7. The van der Waals surface area contributed by atoms with Gasteiger partial charge in [-0.2, -0.15) is 0 Å². The van der Waals surface area contributed by atoms with E-state index in [1.165, 1.54) is 4.31 Å². The second kappa shape index (κ2) is 6.64. The predicted octanol–water partition coefficient (Wildman–Crippen LogP) is 1.99. The molecule has 0 amide bonds. The van der Waals surface area contributed by atoms with E-state index in [1.807, 2.05) is 0 Å². The molecule has 0 aliphatic carbocycles. The molecular weight excluding hydrogens is 354 g/mol. The molecule has 0 saturated carbocycles. The standard InChI is InChI=1S/C14H22BrN3O2S/c1-17-7-5-11(6-8-17)10-18(2)21(19,20)14-9-12(15)3-4-13(14)16/h3-4,9,11H,5-8,10,16H2,1-2H3. The molecule has 1 saturated heterocycles. The number of benzene rings is 1. The highest BCUT2D eigenvalue weighted by molar-refractivity contribution is 9.10. The number of hydrogen-bond acceptors (Lipinski definition) is 4. The average molecular weight is 376 g/mol. The Labute approximate surface area is 135 Å². The molecule has 1 fully saturated rings. The quantitative estimate of drug-likeness (QED) is 0.817. The third-order valence-corrected chi connectivity index (χ3v) is 6.39. The van der Waals surface area contributed by atoms with E-state index in [1.54, 1.807) is 25.2 Å². The Balaban J connectivity index is 2.13. The Bertz CT molecular complexity index is 598. The minimum atomic E-state index is -3.54. The van der Waals surface area contributed by atoms with Gasteiger partial charge in [0.05, 0.1) is 5.69 Å². The second-order valence-electron chi connectivity index (χ2n) is 5.71. The minimum Gasteiger partial charge on any atom is -0.398 e. The third-order valence-electron chi connectivity index (χ3n) is 4.02. The van der Waals surface area contributed by atoms with Crippen LogP contribution in [0, 0.1) is 5.92 Å². The molecule has 0 atom stereocenters. The van der Waals surface area contributed by atoms with Crippen molar-refractivity contribution in [3.63, 3.8) is 0 Å². The topological polar surface area (TPSA) is 66.6 Å². The summed E-state index contributed by atoms with van der Waals surface area (Å²) in [6, 6.07) is 4.92. The Morgan fingerprint density at radius 3 is 2.62 bits per heavy atom. The first-order chi connectivity index (χ1) is 9.80. The highest BCUT2D eigenvalue weighted by Crippen LogP contribution is 2.27. The number of piperidine rings is 1. The van der Waals surface area contributed by atoms with Gasteiger partial charge in [0.2, 0.25) is 10.0 Å². The number of nitrogens with two attached hydrogens (primary N) is 1. The lowest BCUT2D eigenvalue weighted by Crippen LogP contribution is -2.38. The van der Waals surface area contributed by atoms with Crippen LogP contribution in [0.2, 0.25) is 0 Å². The zero-order chi connectivity index (χ0) is 15.6. The van der Waals surface area contributed by atoms with Gasteiger partial charge in [-0.3, -0.25) is 0 Å². The number of hydrogen-bond donors (Lipinski definition) is 1. The number of nitrogens with zero attached hydrogens (tertiary/aromatic N) is 2. The fourth-order valence-corrected chi connectivity index (χ4v) is 4.50. The molecule has 1 aromatic rings. The molecule has 0 radical (unpaired) electrons. The Morgan fingerprint density at radius 1 is 1.38 bits per heavy atom. The number of rotatable bonds is 4. The van der Waals surface area contributed by atoms with Gasteiger partial charge in [0.25, 0.3) is 0 Å². The summed E-state index contributed by atoms with van der Waals surface area (Å²) in [5.74, 6) is 0.411. The predicted molar refractivity (Wildman–Crippen MR) is 88.6 cm³/mol. The Hall–Kier alpha value is -0.630. The van der Waals surface area contributed by atoms with Crippen LogP contribution in [0.1, 0.15) is 12.8 Å². The molecule has 1 aliphatic heterocycles. The fraction of sp³-hybridized carbons (Fsp3) is 0.571. The van der Waals surface area contributed by atoms with Crippen molar-refractivity contribution in [1.82, 2.24) is 9.21 Å². The smallest absolute Gasteiger partial charge is 0.244 e. The van der Waals surface area contributed by atoms with Crippen molar-refractivity contribution >= 4 is 31.6 Å². The van der Waals surface area contributed by atoms with Gasteiger partial charge in [0, 0.05) is 18.1 Å². The monoisotopic (exact) mass is 375 g/mol. The van der Waals surface area contributed by atoms with Crippen molar-refractivity contribution in [3.05, 3.63) is 22.7 Å². The SMILES string of the molecule is CN1CCC(CN(C)S(=O)(=O)c2cc(Br)ccc2N)CC1. The normalized spacial score (nSPS) is 18.3. The van der Waals surface area contributed by atoms with E-state index in [0.29, 0.717) is 16.9 Å². The molecule has 5 nitrogen and oxygen atoms in total. The second-order valence-corrected chi connectivity index (χ2v) is 8.64. The van der Waals surface area contributed by atoms with Crippen molar-refractivity contribution in [2.24, 2.45) is 5.92 Å². The summed E-state index contributed by atoms with van der Waals surface area (Å²) in [4.78, 5) is 2.45. The van der Waals surface area contributed by atoms with E-state index in [2.05, 4.69) is 27.9 Å². The van der Waals surface area contributed by atoms with Crippen molar-refractivity contribution in [3.8, 4) is 0 Å². The maximum Gasteiger partial charge on any atom is 0.244 e. The zero-order valence-corrected chi connectivity index (χ0v) is 14.8. The number of likely N-dealkylation sites (tertiary alicyclic amines) is 1. The molecule has 7 heteroatoms.